The molecule has 0 spiro atoms. The molecule has 3 aliphatic rings. The predicted molar refractivity (Wildman–Crippen MR) is 142 cm³/mol. The maximum atomic E-state index is 11.8. The van der Waals surface area contributed by atoms with Gasteiger partial charge in [0.2, 0.25) is 5.95 Å². The van der Waals surface area contributed by atoms with E-state index >= 15 is 0 Å². The number of dihydropyridines is 1. The van der Waals surface area contributed by atoms with Crippen molar-refractivity contribution in [1.29, 1.82) is 0 Å². The second kappa shape index (κ2) is 10.3. The van der Waals surface area contributed by atoms with Crippen LogP contribution in [0, 0.1) is 5.92 Å². The lowest BCUT2D eigenvalue weighted by Gasteiger charge is -2.35. The van der Waals surface area contributed by atoms with E-state index in [4.69, 9.17) is 0 Å². The summed E-state index contributed by atoms with van der Waals surface area (Å²) in [6.07, 6.45) is 12.0. The Bertz CT molecular complexity index is 1180. The van der Waals surface area contributed by atoms with E-state index in [9.17, 15) is 9.59 Å². The molecule has 10 heteroatoms. The number of nitrogens with one attached hydrogen (secondary N) is 3. The number of amides is 2. The second-order valence-electron chi connectivity index (χ2n) is 9.19. The van der Waals surface area contributed by atoms with Crippen molar-refractivity contribution < 1.29 is 9.59 Å². The number of hydrogen-bond acceptors (Lipinski definition) is 9. The van der Waals surface area contributed by atoms with Crippen molar-refractivity contribution >= 4 is 52.0 Å². The van der Waals surface area contributed by atoms with Crippen LogP contribution < -0.4 is 20.9 Å². The van der Waals surface area contributed by atoms with Crippen molar-refractivity contribution in [2.45, 2.75) is 25.3 Å². The lowest BCUT2D eigenvalue weighted by Crippen LogP contribution is -2.50. The third-order valence-corrected chi connectivity index (χ3v) is 7.88. The van der Waals surface area contributed by atoms with Crippen molar-refractivity contribution in [3.8, 4) is 0 Å². The number of imide groups is 1. The van der Waals surface area contributed by atoms with E-state index < -0.39 is 0 Å². The number of carbonyl (C=O) groups excluding carboxylic acids is 2. The number of aromatic nitrogens is 2. The van der Waals surface area contributed by atoms with Gasteiger partial charge in [0.25, 0.3) is 11.1 Å². The fourth-order valence-corrected chi connectivity index (χ4v) is 5.78. The maximum Gasteiger partial charge on any atom is 0.290 e. The summed E-state index contributed by atoms with van der Waals surface area (Å²) in [4.78, 5) is 34.8. The Hall–Kier alpha value is -2.95. The molecule has 0 aliphatic carbocycles. The number of hydrogen-bond donors (Lipinski definition) is 3. The first-order valence-electron chi connectivity index (χ1n) is 11.7. The van der Waals surface area contributed by atoms with Gasteiger partial charge in [-0.25, -0.2) is 9.97 Å². The quantitative estimate of drug-likeness (QED) is 0.488. The van der Waals surface area contributed by atoms with Crippen molar-refractivity contribution in [3.05, 3.63) is 63.5 Å². The highest BCUT2D eigenvalue weighted by Crippen LogP contribution is 2.26. The molecule has 3 N–H and O–H groups in total. The highest BCUT2D eigenvalue weighted by Gasteiger charge is 2.27. The van der Waals surface area contributed by atoms with Gasteiger partial charge in [-0.1, -0.05) is 12.2 Å². The summed E-state index contributed by atoms with van der Waals surface area (Å²) in [5.74, 6) is 0.890. The SMILES string of the molecule is CC1(CNCC2CCN(c3nccc(/C=C4\SC(=O)NC4=O)n3)CC2)C=CC=C(c2ccsc2)N1. The average Bonchev–Trinajstić information content (AvgIpc) is 3.49. The van der Waals surface area contributed by atoms with E-state index in [0.717, 1.165) is 50.8 Å². The molecule has 35 heavy (non-hydrogen) atoms. The Morgan fingerprint density at radius 1 is 1.29 bits per heavy atom. The lowest BCUT2D eigenvalue weighted by molar-refractivity contribution is -0.115. The summed E-state index contributed by atoms with van der Waals surface area (Å²) in [5, 5.41) is 13.5. The van der Waals surface area contributed by atoms with Crippen LogP contribution in [0.4, 0.5) is 10.7 Å². The Morgan fingerprint density at radius 3 is 2.89 bits per heavy atom. The number of anilines is 1. The van der Waals surface area contributed by atoms with Gasteiger partial charge in [0, 0.05) is 42.5 Å². The van der Waals surface area contributed by atoms with Crippen LogP contribution >= 0.6 is 23.1 Å². The predicted octanol–water partition coefficient (Wildman–Crippen LogP) is 3.63. The summed E-state index contributed by atoms with van der Waals surface area (Å²) in [7, 11) is 0. The summed E-state index contributed by atoms with van der Waals surface area (Å²) < 4.78 is 0. The molecule has 5 rings (SSSR count). The molecule has 5 heterocycles. The van der Waals surface area contributed by atoms with Crippen LogP contribution in [-0.2, 0) is 4.79 Å². The van der Waals surface area contributed by atoms with Gasteiger partial charge in [0.05, 0.1) is 16.1 Å². The van der Waals surface area contributed by atoms with Gasteiger partial charge in [-0.05, 0) is 73.7 Å². The van der Waals surface area contributed by atoms with Crippen LogP contribution in [0.15, 0.2) is 52.2 Å². The van der Waals surface area contributed by atoms with E-state index in [-0.39, 0.29) is 16.7 Å². The lowest BCUT2D eigenvalue weighted by atomic mass is 9.94. The van der Waals surface area contributed by atoms with Crippen molar-refractivity contribution in [1.82, 2.24) is 25.9 Å². The van der Waals surface area contributed by atoms with Crippen molar-refractivity contribution in [2.24, 2.45) is 5.92 Å². The normalized spacial score (nSPS) is 24.0. The standard InChI is InChI=1S/C25H28N6O2S2/c1-25(8-2-3-20(30-25)18-7-12-34-15-18)16-26-14-17-5-10-31(11-6-17)23-27-9-4-19(28-23)13-21-22(32)29-24(33)35-21/h2-4,7-9,12-13,15,17,26,30H,5-6,10-11,14,16H2,1H3,(H,29,32,33)/b21-13-. The fraction of sp³-hybridized carbons (Fsp3) is 0.360. The summed E-state index contributed by atoms with van der Waals surface area (Å²) in [5.41, 5.74) is 2.92. The highest BCUT2D eigenvalue weighted by molar-refractivity contribution is 8.18. The Balaban J connectivity index is 1.10. The summed E-state index contributed by atoms with van der Waals surface area (Å²) in [6.45, 7) is 5.84. The molecule has 2 saturated heterocycles. The molecule has 0 aromatic carbocycles. The number of allylic oxidation sites excluding steroid dienone is 2. The number of nitrogens with zero attached hydrogens (tertiary/aromatic N) is 3. The van der Waals surface area contributed by atoms with Gasteiger partial charge < -0.3 is 15.5 Å². The molecule has 8 nitrogen and oxygen atoms in total. The molecule has 1 unspecified atom stereocenters. The molecule has 0 radical (unpaired) electrons. The third kappa shape index (κ3) is 5.83. The van der Waals surface area contributed by atoms with Gasteiger partial charge in [0.15, 0.2) is 0 Å². The van der Waals surface area contributed by atoms with Crippen LogP contribution in [0.25, 0.3) is 11.8 Å². The third-order valence-electron chi connectivity index (χ3n) is 6.39. The minimum Gasteiger partial charge on any atom is -0.375 e. The number of piperidine rings is 1. The molecule has 182 valence electrons. The topological polar surface area (TPSA) is 99.3 Å². The minimum absolute atomic E-state index is 0.116. The molecular formula is C25H28N6O2S2. The van der Waals surface area contributed by atoms with Gasteiger partial charge in [0.1, 0.15) is 0 Å². The molecule has 1 atom stereocenters. The van der Waals surface area contributed by atoms with Gasteiger partial charge in [-0.2, -0.15) is 11.3 Å². The van der Waals surface area contributed by atoms with Crippen LogP contribution in [0.2, 0.25) is 0 Å². The number of rotatable bonds is 7. The van der Waals surface area contributed by atoms with E-state index in [1.54, 1.807) is 29.7 Å². The van der Waals surface area contributed by atoms with E-state index in [2.05, 4.69) is 72.8 Å². The zero-order valence-corrected chi connectivity index (χ0v) is 21.1. The fourth-order valence-electron chi connectivity index (χ4n) is 4.46. The number of thiophene rings is 1. The maximum absolute atomic E-state index is 11.8. The molecule has 2 fully saturated rings. The first-order valence-corrected chi connectivity index (χ1v) is 13.5. The van der Waals surface area contributed by atoms with Crippen LogP contribution in [0.5, 0.6) is 0 Å². The largest absolute Gasteiger partial charge is 0.375 e. The van der Waals surface area contributed by atoms with E-state index in [1.165, 1.54) is 11.3 Å². The number of thioether (sulfide) groups is 1. The zero-order chi connectivity index (χ0) is 24.3. The van der Waals surface area contributed by atoms with Gasteiger partial charge in [-0.15, -0.1) is 0 Å². The first kappa shape index (κ1) is 23.8. The van der Waals surface area contributed by atoms with Crippen molar-refractivity contribution in [2.75, 3.05) is 31.1 Å². The van der Waals surface area contributed by atoms with Gasteiger partial charge >= 0.3 is 0 Å². The first-order chi connectivity index (χ1) is 17.0. The van der Waals surface area contributed by atoms with E-state index in [1.807, 2.05) is 0 Å². The second-order valence-corrected chi connectivity index (χ2v) is 11.0. The summed E-state index contributed by atoms with van der Waals surface area (Å²) in [6, 6.07) is 3.89. The van der Waals surface area contributed by atoms with Crippen LogP contribution in [0.3, 0.4) is 0 Å². The molecule has 0 bridgehead atoms. The zero-order valence-electron chi connectivity index (χ0n) is 19.5. The molecule has 0 saturated carbocycles. The van der Waals surface area contributed by atoms with Crippen molar-refractivity contribution in [3.63, 3.8) is 0 Å². The molecule has 3 aliphatic heterocycles. The Morgan fingerprint density at radius 2 is 2.14 bits per heavy atom. The molecule has 2 aromatic rings. The van der Waals surface area contributed by atoms with Crippen LogP contribution in [0.1, 0.15) is 31.0 Å². The number of carbonyl (C=O) groups is 2. The molecular weight excluding hydrogens is 480 g/mol. The average molecular weight is 509 g/mol. The van der Waals surface area contributed by atoms with E-state index in [0.29, 0.717) is 22.5 Å². The molecule has 2 amide bonds. The molecule has 2 aromatic heterocycles. The smallest absolute Gasteiger partial charge is 0.290 e. The Kier molecular flexibility index (Phi) is 7.03. The highest BCUT2D eigenvalue weighted by atomic mass is 32.2. The minimum atomic E-state index is -0.375. The Labute approximate surface area is 213 Å². The monoisotopic (exact) mass is 508 g/mol. The van der Waals surface area contributed by atoms with Crippen LogP contribution in [-0.4, -0.2) is 52.8 Å². The summed E-state index contributed by atoms with van der Waals surface area (Å²) >= 11 is 2.61. The van der Waals surface area contributed by atoms with Gasteiger partial charge in [-0.3, -0.25) is 14.9 Å².